The zero-order valence-corrected chi connectivity index (χ0v) is 13.1. The molecule has 0 aromatic heterocycles. The summed E-state index contributed by atoms with van der Waals surface area (Å²) in [6, 6.07) is 12.1. The van der Waals surface area contributed by atoms with E-state index in [0.29, 0.717) is 0 Å². The summed E-state index contributed by atoms with van der Waals surface area (Å²) in [5, 5.41) is 2.92. The number of carbonyl (C=O) groups excluding carboxylic acids is 1. The lowest BCUT2D eigenvalue weighted by molar-refractivity contribution is -0.117. The lowest BCUT2D eigenvalue weighted by Gasteiger charge is -2.14. The number of nitrogens with one attached hydrogen (secondary N) is 1. The fourth-order valence-electron chi connectivity index (χ4n) is 2.12. The summed E-state index contributed by atoms with van der Waals surface area (Å²) in [7, 11) is 0. The normalized spacial score (nSPS) is 12.4. The van der Waals surface area contributed by atoms with Gasteiger partial charge in [0.25, 0.3) is 0 Å². The van der Waals surface area contributed by atoms with Gasteiger partial charge in [-0.3, -0.25) is 4.79 Å². The van der Waals surface area contributed by atoms with Gasteiger partial charge in [-0.1, -0.05) is 30.3 Å². The molecule has 0 spiro atoms. The highest BCUT2D eigenvalue weighted by Crippen LogP contribution is 2.16. The first-order valence-corrected chi connectivity index (χ1v) is 7.27. The van der Waals surface area contributed by atoms with Crippen molar-refractivity contribution in [1.82, 2.24) is 5.32 Å². The zero-order chi connectivity index (χ0) is 16.1. The van der Waals surface area contributed by atoms with Crippen molar-refractivity contribution in [2.24, 2.45) is 0 Å². The Morgan fingerprint density at radius 2 is 1.77 bits per heavy atom. The van der Waals surface area contributed by atoms with Crippen molar-refractivity contribution in [3.63, 3.8) is 0 Å². The van der Waals surface area contributed by atoms with Crippen LogP contribution >= 0.6 is 0 Å². The molecular weight excluding hydrogens is 277 g/mol. The fraction of sp³-hybridized carbons (Fsp3) is 0.211. The number of hydrogen-bond acceptors (Lipinski definition) is 1. The van der Waals surface area contributed by atoms with Crippen LogP contribution in [0.25, 0.3) is 6.08 Å². The fourth-order valence-corrected chi connectivity index (χ4v) is 2.12. The van der Waals surface area contributed by atoms with E-state index in [0.717, 1.165) is 11.1 Å². The van der Waals surface area contributed by atoms with Crippen LogP contribution in [-0.2, 0) is 4.79 Å². The van der Waals surface area contributed by atoms with E-state index in [2.05, 4.69) is 31.3 Å². The van der Waals surface area contributed by atoms with Crippen LogP contribution in [0.15, 0.2) is 48.5 Å². The van der Waals surface area contributed by atoms with Gasteiger partial charge in [0.15, 0.2) is 0 Å². The zero-order valence-electron chi connectivity index (χ0n) is 13.1. The minimum Gasteiger partial charge on any atom is -0.346 e. The van der Waals surface area contributed by atoms with Gasteiger partial charge < -0.3 is 5.32 Å². The highest BCUT2D eigenvalue weighted by atomic mass is 19.1. The predicted molar refractivity (Wildman–Crippen MR) is 87.9 cm³/mol. The molecular formula is C19H20FNO. The van der Waals surface area contributed by atoms with Gasteiger partial charge in [0.2, 0.25) is 5.91 Å². The maximum atomic E-state index is 12.8. The molecule has 0 saturated carbocycles. The minimum absolute atomic E-state index is 0.0651. The van der Waals surface area contributed by atoms with E-state index in [1.54, 1.807) is 18.2 Å². The van der Waals surface area contributed by atoms with Crippen molar-refractivity contribution in [2.75, 3.05) is 0 Å². The molecule has 1 N–H and O–H groups in total. The first kappa shape index (κ1) is 16.0. The van der Waals surface area contributed by atoms with Gasteiger partial charge in [-0.15, -0.1) is 0 Å². The van der Waals surface area contributed by atoms with Crippen LogP contribution in [0.5, 0.6) is 0 Å². The Kier molecular flexibility index (Phi) is 5.10. The quantitative estimate of drug-likeness (QED) is 0.836. The Labute approximate surface area is 130 Å². The molecule has 2 rings (SSSR count). The molecule has 0 heterocycles. The van der Waals surface area contributed by atoms with Gasteiger partial charge in [0, 0.05) is 6.08 Å². The number of hydrogen-bond donors (Lipinski definition) is 1. The molecule has 0 fully saturated rings. The van der Waals surface area contributed by atoms with E-state index in [4.69, 9.17) is 0 Å². The van der Waals surface area contributed by atoms with Gasteiger partial charge >= 0.3 is 0 Å². The van der Waals surface area contributed by atoms with Crippen LogP contribution in [0.4, 0.5) is 4.39 Å². The largest absolute Gasteiger partial charge is 0.346 e. The van der Waals surface area contributed by atoms with Crippen molar-refractivity contribution >= 4 is 12.0 Å². The maximum absolute atomic E-state index is 12.8. The maximum Gasteiger partial charge on any atom is 0.244 e. The van der Waals surface area contributed by atoms with E-state index in [1.807, 2.05) is 13.0 Å². The molecule has 3 heteroatoms. The number of aryl methyl sites for hydroxylation is 2. The first-order chi connectivity index (χ1) is 10.5. The monoisotopic (exact) mass is 297 g/mol. The molecule has 0 saturated heterocycles. The molecule has 2 aromatic rings. The Hall–Kier alpha value is -2.42. The molecule has 0 aliphatic carbocycles. The minimum atomic E-state index is -0.287. The Morgan fingerprint density at radius 1 is 1.09 bits per heavy atom. The second kappa shape index (κ2) is 7.03. The Morgan fingerprint density at radius 3 is 2.41 bits per heavy atom. The topological polar surface area (TPSA) is 29.1 Å². The number of halogens is 1. The molecule has 2 nitrogen and oxygen atoms in total. The van der Waals surface area contributed by atoms with Crippen molar-refractivity contribution in [3.05, 3.63) is 76.6 Å². The van der Waals surface area contributed by atoms with Gasteiger partial charge in [-0.05, 0) is 61.2 Å². The van der Waals surface area contributed by atoms with Gasteiger partial charge in [-0.25, -0.2) is 4.39 Å². The summed E-state index contributed by atoms with van der Waals surface area (Å²) in [4.78, 5) is 11.9. The van der Waals surface area contributed by atoms with Gasteiger partial charge in [0.05, 0.1) is 6.04 Å². The Bertz CT molecular complexity index is 689. The number of benzene rings is 2. The van der Waals surface area contributed by atoms with Crippen LogP contribution in [0, 0.1) is 19.7 Å². The van der Waals surface area contributed by atoms with E-state index in [-0.39, 0.29) is 17.8 Å². The SMILES string of the molecule is Cc1ccc([C@H](C)NC(=O)/C=C/c2ccc(F)cc2)cc1C. The van der Waals surface area contributed by atoms with Crippen LogP contribution in [0.2, 0.25) is 0 Å². The molecule has 1 amide bonds. The summed E-state index contributed by atoms with van der Waals surface area (Å²) in [5.41, 5.74) is 4.31. The van der Waals surface area contributed by atoms with Crippen molar-refractivity contribution in [3.8, 4) is 0 Å². The number of carbonyl (C=O) groups is 1. The van der Waals surface area contributed by atoms with E-state index in [9.17, 15) is 9.18 Å². The molecule has 2 aromatic carbocycles. The van der Waals surface area contributed by atoms with E-state index >= 15 is 0 Å². The lowest BCUT2D eigenvalue weighted by Crippen LogP contribution is -2.24. The molecule has 0 unspecified atom stereocenters. The van der Waals surface area contributed by atoms with Crippen LogP contribution in [-0.4, -0.2) is 5.91 Å². The number of rotatable bonds is 4. The standard InChI is InChI=1S/C19H20FNO/c1-13-4-8-17(12-14(13)2)15(3)21-19(22)11-7-16-5-9-18(20)10-6-16/h4-12,15H,1-3H3,(H,21,22)/b11-7+/t15-/m0/s1. The molecule has 0 bridgehead atoms. The summed E-state index contributed by atoms with van der Waals surface area (Å²) in [6.07, 6.45) is 3.13. The summed E-state index contributed by atoms with van der Waals surface area (Å²) in [5.74, 6) is -0.458. The second-order valence-electron chi connectivity index (χ2n) is 5.46. The molecule has 0 aliphatic rings. The van der Waals surface area contributed by atoms with Gasteiger partial charge in [0.1, 0.15) is 5.82 Å². The summed E-state index contributed by atoms with van der Waals surface area (Å²) < 4.78 is 12.8. The molecule has 22 heavy (non-hydrogen) atoms. The molecule has 0 radical (unpaired) electrons. The van der Waals surface area contributed by atoms with Crippen LogP contribution in [0.3, 0.4) is 0 Å². The third-order valence-corrected chi connectivity index (χ3v) is 3.69. The van der Waals surface area contributed by atoms with Crippen molar-refractivity contribution in [1.29, 1.82) is 0 Å². The van der Waals surface area contributed by atoms with Crippen molar-refractivity contribution < 1.29 is 9.18 Å². The third-order valence-electron chi connectivity index (χ3n) is 3.69. The van der Waals surface area contributed by atoms with Gasteiger partial charge in [-0.2, -0.15) is 0 Å². The number of amides is 1. The van der Waals surface area contributed by atoms with Crippen molar-refractivity contribution in [2.45, 2.75) is 26.8 Å². The Balaban J connectivity index is 1.98. The summed E-state index contributed by atoms with van der Waals surface area (Å²) in [6.45, 7) is 6.07. The smallest absolute Gasteiger partial charge is 0.244 e. The van der Waals surface area contributed by atoms with E-state index < -0.39 is 0 Å². The summed E-state index contributed by atoms with van der Waals surface area (Å²) >= 11 is 0. The first-order valence-electron chi connectivity index (χ1n) is 7.27. The van der Waals surface area contributed by atoms with E-state index in [1.165, 1.54) is 29.3 Å². The molecule has 1 atom stereocenters. The molecule has 0 aliphatic heterocycles. The van der Waals surface area contributed by atoms with Crippen LogP contribution < -0.4 is 5.32 Å². The average molecular weight is 297 g/mol. The molecule has 114 valence electrons. The average Bonchev–Trinajstić information content (AvgIpc) is 2.49. The highest BCUT2D eigenvalue weighted by molar-refractivity contribution is 5.91. The second-order valence-corrected chi connectivity index (χ2v) is 5.46. The lowest BCUT2D eigenvalue weighted by atomic mass is 10.0. The third kappa shape index (κ3) is 4.29. The predicted octanol–water partition coefficient (Wildman–Crippen LogP) is 4.33. The van der Waals surface area contributed by atoms with Crippen LogP contribution in [0.1, 0.15) is 35.2 Å². The highest BCUT2D eigenvalue weighted by Gasteiger charge is 2.08.